The molecule has 2 unspecified atom stereocenters. The van der Waals surface area contributed by atoms with E-state index in [0.29, 0.717) is 31.1 Å². The molecular weight excluding hydrogens is 464 g/mol. The number of para-hydroxylation sites is 2. The molecular formula is C30H30N4O3. The van der Waals surface area contributed by atoms with E-state index < -0.39 is 6.10 Å². The molecule has 1 aliphatic rings. The van der Waals surface area contributed by atoms with Crippen molar-refractivity contribution >= 4 is 28.3 Å². The first kappa shape index (κ1) is 24.2. The number of ether oxygens (including phenoxy) is 2. The number of anilines is 1. The van der Waals surface area contributed by atoms with E-state index in [1.807, 2.05) is 78.6 Å². The maximum absolute atomic E-state index is 13.6. The lowest BCUT2D eigenvalue weighted by atomic mass is 10.0. The number of fused-ring (bicyclic) bond motifs is 2. The average Bonchev–Trinajstić information content (AvgIpc) is 2.91. The van der Waals surface area contributed by atoms with Crippen molar-refractivity contribution in [1.29, 1.82) is 0 Å². The quantitative estimate of drug-likeness (QED) is 0.267. The van der Waals surface area contributed by atoms with Gasteiger partial charge in [-0.1, -0.05) is 66.7 Å². The summed E-state index contributed by atoms with van der Waals surface area (Å²) in [5.74, 6) is 1.39. The fraction of sp³-hybridized carbons (Fsp3) is 0.200. The van der Waals surface area contributed by atoms with Gasteiger partial charge in [0.05, 0.1) is 24.9 Å². The highest BCUT2D eigenvalue weighted by Gasteiger charge is 2.34. The number of amides is 1. The van der Waals surface area contributed by atoms with Crippen LogP contribution in [-0.4, -0.2) is 24.6 Å². The van der Waals surface area contributed by atoms with Gasteiger partial charge in [0.2, 0.25) is 0 Å². The Morgan fingerprint density at radius 3 is 2.51 bits per heavy atom. The number of carbonyl (C=O) groups is 1. The first-order chi connectivity index (χ1) is 18.0. The minimum Gasteiger partial charge on any atom is -0.493 e. The lowest BCUT2D eigenvalue weighted by Gasteiger charge is -2.34. The zero-order chi connectivity index (χ0) is 25.8. The van der Waals surface area contributed by atoms with Crippen molar-refractivity contribution < 1.29 is 14.3 Å². The summed E-state index contributed by atoms with van der Waals surface area (Å²) >= 11 is 0. The summed E-state index contributed by atoms with van der Waals surface area (Å²) in [7, 11) is 0. The highest BCUT2D eigenvalue weighted by Crippen LogP contribution is 2.36. The topological polar surface area (TPSA) is 103 Å². The number of guanidine groups is 1. The molecule has 5 rings (SSSR count). The maximum atomic E-state index is 13.6. The van der Waals surface area contributed by atoms with Gasteiger partial charge in [-0.25, -0.2) is 4.99 Å². The summed E-state index contributed by atoms with van der Waals surface area (Å²) in [6.07, 6.45) is -0.211. The summed E-state index contributed by atoms with van der Waals surface area (Å²) in [6.45, 7) is 2.72. The standard InChI is InChI=1S/C30H30N4O3/c1-20(33-30(31)32)21-13-15-24(16-14-21)36-18-17-28-29(35)34(26-11-4-5-12-27(26)37-28)19-23-9-6-8-22-7-2-3-10-25(22)23/h2-16,20,28H,17-19H2,1H3,(H4,31,32,33). The van der Waals surface area contributed by atoms with Gasteiger partial charge in [0.1, 0.15) is 11.5 Å². The number of nitrogens with two attached hydrogens (primary N) is 2. The number of benzene rings is 4. The van der Waals surface area contributed by atoms with Crippen LogP contribution in [0, 0.1) is 0 Å². The second kappa shape index (κ2) is 10.6. The van der Waals surface area contributed by atoms with Crippen LogP contribution >= 0.6 is 0 Å². The first-order valence-corrected chi connectivity index (χ1v) is 12.3. The Balaban J connectivity index is 1.29. The molecule has 188 valence electrons. The molecule has 0 spiro atoms. The molecule has 0 saturated carbocycles. The van der Waals surface area contributed by atoms with Gasteiger partial charge < -0.3 is 25.8 Å². The molecule has 0 saturated heterocycles. The Labute approximate surface area is 216 Å². The number of hydrogen-bond donors (Lipinski definition) is 2. The van der Waals surface area contributed by atoms with Gasteiger partial charge in [-0.05, 0) is 53.1 Å². The highest BCUT2D eigenvalue weighted by molar-refractivity contribution is 6.00. The number of rotatable bonds is 8. The maximum Gasteiger partial charge on any atom is 0.268 e. The van der Waals surface area contributed by atoms with Gasteiger partial charge in [-0.15, -0.1) is 0 Å². The van der Waals surface area contributed by atoms with Crippen LogP contribution in [0.1, 0.15) is 30.5 Å². The van der Waals surface area contributed by atoms with Gasteiger partial charge in [0.25, 0.3) is 5.91 Å². The van der Waals surface area contributed by atoms with Gasteiger partial charge in [-0.3, -0.25) is 4.79 Å². The molecule has 1 amide bonds. The van der Waals surface area contributed by atoms with E-state index in [-0.39, 0.29) is 17.9 Å². The van der Waals surface area contributed by atoms with E-state index in [0.717, 1.165) is 27.6 Å². The van der Waals surface area contributed by atoms with E-state index in [1.165, 1.54) is 0 Å². The predicted molar refractivity (Wildman–Crippen MR) is 147 cm³/mol. The van der Waals surface area contributed by atoms with Crippen molar-refractivity contribution in [3.63, 3.8) is 0 Å². The second-order valence-electron chi connectivity index (χ2n) is 9.07. The third-order valence-electron chi connectivity index (χ3n) is 6.53. The Morgan fingerprint density at radius 1 is 0.973 bits per heavy atom. The van der Waals surface area contributed by atoms with E-state index in [2.05, 4.69) is 29.3 Å². The van der Waals surface area contributed by atoms with Gasteiger partial charge in [0, 0.05) is 6.42 Å². The molecule has 4 aromatic carbocycles. The normalized spacial score (nSPS) is 15.5. The summed E-state index contributed by atoms with van der Waals surface area (Å²) in [5.41, 5.74) is 13.8. The molecule has 0 radical (unpaired) electrons. The van der Waals surface area contributed by atoms with Crippen LogP contribution in [0.2, 0.25) is 0 Å². The van der Waals surface area contributed by atoms with Crippen LogP contribution in [0.3, 0.4) is 0 Å². The lowest BCUT2D eigenvalue weighted by molar-refractivity contribution is -0.127. The van der Waals surface area contributed by atoms with Crippen LogP contribution in [-0.2, 0) is 11.3 Å². The first-order valence-electron chi connectivity index (χ1n) is 12.3. The molecule has 37 heavy (non-hydrogen) atoms. The minimum atomic E-state index is -0.633. The van der Waals surface area contributed by atoms with E-state index in [4.69, 9.17) is 20.9 Å². The fourth-order valence-corrected chi connectivity index (χ4v) is 4.65. The van der Waals surface area contributed by atoms with Crippen molar-refractivity contribution in [3.05, 3.63) is 102 Å². The molecule has 0 bridgehead atoms. The largest absolute Gasteiger partial charge is 0.493 e. The SMILES string of the molecule is CC(N=C(N)N)c1ccc(OCCC2Oc3ccccc3N(Cc3cccc4ccccc34)C2=O)cc1. The van der Waals surface area contributed by atoms with Crippen molar-refractivity contribution in [2.75, 3.05) is 11.5 Å². The van der Waals surface area contributed by atoms with Gasteiger partial charge >= 0.3 is 0 Å². The highest BCUT2D eigenvalue weighted by atomic mass is 16.5. The molecule has 2 atom stereocenters. The Morgan fingerprint density at radius 2 is 1.70 bits per heavy atom. The fourth-order valence-electron chi connectivity index (χ4n) is 4.65. The molecule has 0 aromatic heterocycles. The van der Waals surface area contributed by atoms with E-state index in [1.54, 1.807) is 0 Å². The van der Waals surface area contributed by atoms with Crippen LogP contribution in [0.4, 0.5) is 5.69 Å². The average molecular weight is 495 g/mol. The molecule has 1 heterocycles. The smallest absolute Gasteiger partial charge is 0.268 e. The van der Waals surface area contributed by atoms with E-state index >= 15 is 0 Å². The number of aliphatic imine (C=N–C) groups is 1. The van der Waals surface area contributed by atoms with Crippen molar-refractivity contribution in [2.45, 2.75) is 32.0 Å². The van der Waals surface area contributed by atoms with Crippen molar-refractivity contribution in [3.8, 4) is 11.5 Å². The molecule has 0 aliphatic carbocycles. The zero-order valence-corrected chi connectivity index (χ0v) is 20.7. The van der Waals surface area contributed by atoms with Crippen molar-refractivity contribution in [2.24, 2.45) is 16.5 Å². The Bertz CT molecular complexity index is 1430. The summed E-state index contributed by atoms with van der Waals surface area (Å²) in [5, 5.41) is 2.29. The van der Waals surface area contributed by atoms with Gasteiger partial charge in [0.15, 0.2) is 12.1 Å². The van der Waals surface area contributed by atoms with Crippen LogP contribution in [0.5, 0.6) is 11.5 Å². The molecule has 7 nitrogen and oxygen atoms in total. The second-order valence-corrected chi connectivity index (χ2v) is 9.07. The molecule has 1 aliphatic heterocycles. The molecule has 4 N–H and O–H groups in total. The summed E-state index contributed by atoms with van der Waals surface area (Å²) in [4.78, 5) is 19.6. The monoisotopic (exact) mass is 494 g/mol. The van der Waals surface area contributed by atoms with Gasteiger partial charge in [-0.2, -0.15) is 0 Å². The number of carbonyl (C=O) groups excluding carboxylic acids is 1. The Kier molecular flexibility index (Phi) is 6.94. The van der Waals surface area contributed by atoms with E-state index in [9.17, 15) is 4.79 Å². The van der Waals surface area contributed by atoms with Crippen LogP contribution in [0.15, 0.2) is 96.0 Å². The molecule has 7 heteroatoms. The molecule has 4 aromatic rings. The van der Waals surface area contributed by atoms with Crippen molar-refractivity contribution in [1.82, 2.24) is 0 Å². The minimum absolute atomic E-state index is 0.0565. The van der Waals surface area contributed by atoms with Crippen LogP contribution in [0.25, 0.3) is 10.8 Å². The summed E-state index contributed by atoms with van der Waals surface area (Å²) < 4.78 is 12.1. The van der Waals surface area contributed by atoms with Crippen LogP contribution < -0.4 is 25.8 Å². The zero-order valence-electron chi connectivity index (χ0n) is 20.7. The third kappa shape index (κ3) is 5.35. The lowest BCUT2D eigenvalue weighted by Crippen LogP contribution is -2.46. The molecule has 0 fully saturated rings. The predicted octanol–water partition coefficient (Wildman–Crippen LogP) is 4.94. The number of hydrogen-bond acceptors (Lipinski definition) is 4. The third-order valence-corrected chi connectivity index (χ3v) is 6.53. The number of nitrogens with zero attached hydrogens (tertiary/aromatic N) is 2. The Hall–Kier alpha value is -4.52. The summed E-state index contributed by atoms with van der Waals surface area (Å²) in [6, 6.07) is 29.6.